The second-order valence-corrected chi connectivity index (χ2v) is 13.9. The number of amides is 2. The summed E-state index contributed by atoms with van der Waals surface area (Å²) in [6, 6.07) is 15.4. The predicted octanol–water partition coefficient (Wildman–Crippen LogP) is 6.78. The van der Waals surface area contributed by atoms with Crippen LogP contribution in [-0.2, 0) is 9.53 Å². The molecule has 2 amide bonds. The van der Waals surface area contributed by atoms with Crippen molar-refractivity contribution in [3.05, 3.63) is 53.6 Å². The van der Waals surface area contributed by atoms with E-state index in [-0.39, 0.29) is 30.1 Å². The molecule has 1 saturated heterocycles. The Morgan fingerprint density at radius 2 is 1.61 bits per heavy atom. The van der Waals surface area contributed by atoms with Gasteiger partial charge in [-0.15, -0.1) is 0 Å². The average molecular weight is 600 g/mol. The highest BCUT2D eigenvalue weighted by atomic mass is 16.6. The largest absolute Gasteiger partial charge is 0.443 e. The van der Waals surface area contributed by atoms with Crippen LogP contribution in [0.5, 0.6) is 0 Å². The Morgan fingerprint density at radius 3 is 2.36 bits per heavy atom. The number of anilines is 3. The summed E-state index contributed by atoms with van der Waals surface area (Å²) in [7, 11) is 0. The molecule has 0 bridgehead atoms. The summed E-state index contributed by atoms with van der Waals surface area (Å²) in [4.78, 5) is 30.8. The molecular weight excluding hydrogens is 550 g/mol. The fraction of sp³-hybridized carbons (Fsp3) is 0.611. The van der Waals surface area contributed by atoms with Gasteiger partial charge in [-0.3, -0.25) is 15.1 Å². The molecule has 2 aliphatic carbocycles. The van der Waals surface area contributed by atoms with Crippen LogP contribution in [0.25, 0.3) is 0 Å². The molecule has 3 aliphatic heterocycles. The van der Waals surface area contributed by atoms with Gasteiger partial charge in [0.05, 0.1) is 24.0 Å². The Kier molecular flexibility index (Phi) is 8.56. The lowest BCUT2D eigenvalue weighted by Crippen LogP contribution is -2.52. The number of hydrogen-bond acceptors (Lipinski definition) is 6. The third-order valence-electron chi connectivity index (χ3n) is 10.8. The van der Waals surface area contributed by atoms with Crippen LogP contribution < -0.4 is 20.5 Å². The number of rotatable bonds is 4. The second kappa shape index (κ2) is 12.7. The van der Waals surface area contributed by atoms with E-state index in [1.165, 1.54) is 81.0 Å². The molecule has 4 unspecified atom stereocenters. The van der Waals surface area contributed by atoms with Crippen LogP contribution in [0.3, 0.4) is 0 Å². The molecule has 3 fully saturated rings. The smallest absolute Gasteiger partial charge is 0.414 e. The molecule has 3 heterocycles. The van der Waals surface area contributed by atoms with E-state index < -0.39 is 0 Å². The lowest BCUT2D eigenvalue weighted by atomic mass is 9.75. The van der Waals surface area contributed by atoms with Crippen LogP contribution in [0.2, 0.25) is 0 Å². The molecule has 2 aromatic rings. The summed E-state index contributed by atoms with van der Waals surface area (Å²) in [5.74, 6) is 1.01. The van der Waals surface area contributed by atoms with Crippen LogP contribution in [0.4, 0.5) is 21.9 Å². The molecule has 44 heavy (non-hydrogen) atoms. The van der Waals surface area contributed by atoms with E-state index in [9.17, 15) is 9.59 Å². The van der Waals surface area contributed by atoms with Crippen LogP contribution in [0.1, 0.15) is 101 Å². The van der Waals surface area contributed by atoms with E-state index in [0.29, 0.717) is 31.0 Å². The van der Waals surface area contributed by atoms with Gasteiger partial charge < -0.3 is 15.0 Å². The first kappa shape index (κ1) is 29.6. The van der Waals surface area contributed by atoms with Crippen molar-refractivity contribution in [1.82, 2.24) is 10.4 Å². The number of carbonyl (C=O) groups excluding carboxylic acids is 2. The number of ether oxygens (including phenoxy) is 1. The quantitative estimate of drug-likeness (QED) is 0.404. The van der Waals surface area contributed by atoms with E-state index in [0.717, 1.165) is 24.5 Å². The molecule has 8 nitrogen and oxygen atoms in total. The minimum Gasteiger partial charge on any atom is -0.443 e. The van der Waals surface area contributed by atoms with Gasteiger partial charge in [0.25, 0.3) is 0 Å². The van der Waals surface area contributed by atoms with E-state index in [1.54, 1.807) is 6.92 Å². The number of benzene rings is 2. The summed E-state index contributed by atoms with van der Waals surface area (Å²) in [6.07, 6.45) is 12.1. The van der Waals surface area contributed by atoms with E-state index in [1.807, 2.05) is 22.8 Å². The molecule has 0 aromatic heterocycles. The van der Waals surface area contributed by atoms with Crippen LogP contribution in [-0.4, -0.2) is 61.4 Å². The van der Waals surface area contributed by atoms with Gasteiger partial charge in [0.1, 0.15) is 6.10 Å². The average Bonchev–Trinajstić information content (AvgIpc) is 3.72. The molecule has 236 valence electrons. The maximum atomic E-state index is 14.3. The second-order valence-electron chi connectivity index (χ2n) is 13.9. The summed E-state index contributed by atoms with van der Waals surface area (Å²) >= 11 is 0. The fourth-order valence-electron chi connectivity index (χ4n) is 8.41. The first-order valence-corrected chi connectivity index (χ1v) is 17.2. The van der Waals surface area contributed by atoms with Crippen molar-refractivity contribution in [2.75, 3.05) is 41.3 Å². The normalized spacial score (nSPS) is 28.2. The number of hydrazine groups is 1. The lowest BCUT2D eigenvalue weighted by Gasteiger charge is -2.43. The van der Waals surface area contributed by atoms with Crippen molar-refractivity contribution >= 4 is 29.1 Å². The third-order valence-corrected chi connectivity index (χ3v) is 10.8. The van der Waals surface area contributed by atoms with Gasteiger partial charge in [-0.25, -0.2) is 9.80 Å². The van der Waals surface area contributed by atoms with Crippen molar-refractivity contribution in [2.45, 2.75) is 108 Å². The van der Waals surface area contributed by atoms with Gasteiger partial charge in [-0.1, -0.05) is 62.8 Å². The SMILES string of the molecule is CC(=O)N1c2ccc(C3CNN(C4CC4)C3)cc2N(C(=O)OC2CNc3ccccc3C2C2CCCCCCCC2)CC1C. The van der Waals surface area contributed by atoms with Gasteiger partial charge in [-0.2, -0.15) is 0 Å². The number of nitrogens with one attached hydrogen (secondary N) is 2. The van der Waals surface area contributed by atoms with Crippen LogP contribution >= 0.6 is 0 Å². The molecule has 4 atom stereocenters. The molecule has 0 spiro atoms. The third kappa shape index (κ3) is 5.95. The number of nitrogens with zero attached hydrogens (tertiary/aromatic N) is 3. The van der Waals surface area contributed by atoms with Crippen molar-refractivity contribution in [1.29, 1.82) is 0 Å². The van der Waals surface area contributed by atoms with Gasteiger partial charge in [0, 0.05) is 50.1 Å². The van der Waals surface area contributed by atoms with E-state index >= 15 is 0 Å². The molecule has 2 aromatic carbocycles. The van der Waals surface area contributed by atoms with E-state index in [4.69, 9.17) is 4.74 Å². The van der Waals surface area contributed by atoms with Crippen molar-refractivity contribution in [3.63, 3.8) is 0 Å². The highest BCUT2D eigenvalue weighted by molar-refractivity contribution is 6.02. The van der Waals surface area contributed by atoms with Crippen LogP contribution in [0.15, 0.2) is 42.5 Å². The highest BCUT2D eigenvalue weighted by Gasteiger charge is 2.41. The molecular formula is C36H49N5O3. The molecule has 8 heteroatoms. The summed E-state index contributed by atoms with van der Waals surface area (Å²) in [5, 5.41) is 5.97. The predicted molar refractivity (Wildman–Crippen MR) is 175 cm³/mol. The Hall–Kier alpha value is -3.10. The number of fused-ring (bicyclic) bond motifs is 2. The molecule has 2 saturated carbocycles. The first-order chi connectivity index (χ1) is 21.5. The van der Waals surface area contributed by atoms with Gasteiger partial charge in [0.2, 0.25) is 5.91 Å². The number of para-hydroxylation sites is 1. The molecule has 2 N–H and O–H groups in total. The number of hydrogen-bond donors (Lipinski definition) is 2. The van der Waals surface area contributed by atoms with Gasteiger partial charge in [-0.05, 0) is 67.9 Å². The highest BCUT2D eigenvalue weighted by Crippen LogP contribution is 2.44. The molecule has 5 aliphatic rings. The van der Waals surface area contributed by atoms with Gasteiger partial charge >= 0.3 is 6.09 Å². The topological polar surface area (TPSA) is 77.2 Å². The minimum atomic E-state index is -0.304. The molecule has 0 radical (unpaired) electrons. The lowest BCUT2D eigenvalue weighted by molar-refractivity contribution is -0.117. The Morgan fingerprint density at radius 1 is 0.864 bits per heavy atom. The van der Waals surface area contributed by atoms with Crippen molar-refractivity contribution in [2.24, 2.45) is 5.92 Å². The minimum absolute atomic E-state index is 0.00434. The Balaban J connectivity index is 1.17. The van der Waals surface area contributed by atoms with Crippen molar-refractivity contribution < 1.29 is 14.3 Å². The monoisotopic (exact) mass is 599 g/mol. The number of carbonyl (C=O) groups is 2. The zero-order valence-electron chi connectivity index (χ0n) is 26.5. The van der Waals surface area contributed by atoms with E-state index in [2.05, 4.69) is 52.1 Å². The zero-order valence-corrected chi connectivity index (χ0v) is 26.5. The maximum absolute atomic E-state index is 14.3. The van der Waals surface area contributed by atoms with Crippen molar-refractivity contribution in [3.8, 4) is 0 Å². The summed E-state index contributed by atoms with van der Waals surface area (Å²) < 4.78 is 6.58. The summed E-state index contributed by atoms with van der Waals surface area (Å²) in [5.41, 5.74) is 8.82. The first-order valence-electron chi connectivity index (χ1n) is 17.2. The van der Waals surface area contributed by atoms with Gasteiger partial charge in [0.15, 0.2) is 0 Å². The fourth-order valence-corrected chi connectivity index (χ4v) is 8.41. The standard InChI is InChI=1S/C36H49N5O3/c1-24-22-39(33-19-27(15-18-32(33)41(24)25(2)42)28-20-38-40(23-28)29-16-17-29)36(43)44-34-21-37-31-14-10-9-13-30(31)35(34)26-11-7-5-3-4-6-8-12-26/h9-10,13-15,18-19,24,26,28-29,34-35,37-38H,3-8,11-12,16-17,20-23H2,1-2H3. The zero-order chi connectivity index (χ0) is 30.2. The maximum Gasteiger partial charge on any atom is 0.414 e. The molecule has 7 rings (SSSR count). The summed E-state index contributed by atoms with van der Waals surface area (Å²) in [6.45, 7) is 6.52. The Bertz CT molecular complexity index is 1350. The Labute approximate surface area is 262 Å². The van der Waals surface area contributed by atoms with Crippen LogP contribution in [0, 0.1) is 5.92 Å².